The number of hydrogen-bond donors (Lipinski definition) is 1. The highest BCUT2D eigenvalue weighted by Crippen LogP contribution is 2.27. The fourth-order valence-electron chi connectivity index (χ4n) is 2.37. The van der Waals surface area contributed by atoms with Crippen LogP contribution in [0.5, 0.6) is 5.75 Å². The number of carbonyl (C=O) groups excluding carboxylic acids is 1. The number of carbonyl (C=O) groups is 1. The summed E-state index contributed by atoms with van der Waals surface area (Å²) >= 11 is 6.13. The number of ether oxygens (including phenoxy) is 1. The molecule has 1 atom stereocenters. The monoisotopic (exact) mass is 362 g/mol. The van der Waals surface area contributed by atoms with Gasteiger partial charge in [0.2, 0.25) is 0 Å². The minimum atomic E-state index is -0.741. The van der Waals surface area contributed by atoms with Crippen molar-refractivity contribution in [1.29, 1.82) is 0 Å². The lowest BCUT2D eigenvalue weighted by Crippen LogP contribution is -2.30. The molecule has 2 aromatic rings. The van der Waals surface area contributed by atoms with E-state index < -0.39 is 11.0 Å². The third-order valence-electron chi connectivity index (χ3n) is 3.77. The summed E-state index contributed by atoms with van der Waals surface area (Å²) in [5.41, 5.74) is 2.83. The summed E-state index contributed by atoms with van der Waals surface area (Å²) in [5, 5.41) is 14.2. The van der Waals surface area contributed by atoms with Gasteiger partial charge in [-0.05, 0) is 62.6 Å². The van der Waals surface area contributed by atoms with E-state index in [-0.39, 0.29) is 11.6 Å². The van der Waals surface area contributed by atoms with Gasteiger partial charge in [0.05, 0.1) is 4.92 Å². The number of aryl methyl sites for hydroxylation is 3. The molecule has 0 saturated heterocycles. The quantitative estimate of drug-likeness (QED) is 0.623. The molecule has 0 heterocycles. The number of nitro benzene ring substituents is 1. The van der Waals surface area contributed by atoms with Crippen LogP contribution >= 0.6 is 11.6 Å². The number of nitrogens with one attached hydrogen (secondary N) is 1. The average molecular weight is 363 g/mol. The van der Waals surface area contributed by atoms with Crippen LogP contribution in [-0.4, -0.2) is 16.9 Å². The Labute approximate surface area is 150 Å². The normalized spacial score (nSPS) is 11.7. The van der Waals surface area contributed by atoms with Gasteiger partial charge in [0.15, 0.2) is 6.10 Å². The smallest absolute Gasteiger partial charge is 0.269 e. The Morgan fingerprint density at radius 1 is 1.16 bits per heavy atom. The maximum absolute atomic E-state index is 12.3. The molecule has 0 aromatic heterocycles. The fourth-order valence-corrected chi connectivity index (χ4v) is 2.48. The first kappa shape index (κ1) is 18.7. The van der Waals surface area contributed by atoms with Gasteiger partial charge in [0.1, 0.15) is 5.75 Å². The van der Waals surface area contributed by atoms with Crippen molar-refractivity contribution in [2.24, 2.45) is 0 Å². The Balaban J connectivity index is 2.09. The minimum Gasteiger partial charge on any atom is -0.481 e. The van der Waals surface area contributed by atoms with E-state index >= 15 is 0 Å². The zero-order chi connectivity index (χ0) is 18.7. The molecule has 0 bridgehead atoms. The van der Waals surface area contributed by atoms with Crippen molar-refractivity contribution < 1.29 is 14.5 Å². The second-order valence-corrected chi connectivity index (χ2v) is 6.25. The maximum Gasteiger partial charge on any atom is 0.269 e. The Morgan fingerprint density at radius 2 is 1.76 bits per heavy atom. The SMILES string of the molecule is Cc1cc([N+](=O)[O-])ccc1NC(=O)C(C)Oc1cc(C)c(Cl)c(C)c1. The van der Waals surface area contributed by atoms with E-state index in [0.717, 1.165) is 11.1 Å². The van der Waals surface area contributed by atoms with E-state index in [1.165, 1.54) is 18.2 Å². The summed E-state index contributed by atoms with van der Waals surface area (Å²) in [4.78, 5) is 22.6. The Hall–Kier alpha value is -2.60. The van der Waals surface area contributed by atoms with Crippen molar-refractivity contribution in [3.05, 3.63) is 62.2 Å². The zero-order valence-corrected chi connectivity index (χ0v) is 15.2. The molecule has 2 rings (SSSR count). The largest absolute Gasteiger partial charge is 0.481 e. The van der Waals surface area contributed by atoms with Crippen LogP contribution in [0.1, 0.15) is 23.6 Å². The molecule has 25 heavy (non-hydrogen) atoms. The van der Waals surface area contributed by atoms with Crippen molar-refractivity contribution in [2.45, 2.75) is 33.8 Å². The lowest BCUT2D eigenvalue weighted by atomic mass is 10.1. The molecule has 0 aliphatic heterocycles. The van der Waals surface area contributed by atoms with Crippen molar-refractivity contribution >= 4 is 28.9 Å². The van der Waals surface area contributed by atoms with E-state index in [9.17, 15) is 14.9 Å². The van der Waals surface area contributed by atoms with Crippen molar-refractivity contribution in [1.82, 2.24) is 0 Å². The van der Waals surface area contributed by atoms with Crippen LogP contribution in [0.15, 0.2) is 30.3 Å². The molecule has 0 aliphatic rings. The first-order chi connectivity index (χ1) is 11.7. The molecule has 0 saturated carbocycles. The predicted octanol–water partition coefficient (Wildman–Crippen LogP) is 4.58. The van der Waals surface area contributed by atoms with E-state index in [4.69, 9.17) is 16.3 Å². The molecule has 132 valence electrons. The number of halogens is 1. The topological polar surface area (TPSA) is 81.5 Å². The van der Waals surface area contributed by atoms with Crippen LogP contribution in [0.4, 0.5) is 11.4 Å². The van der Waals surface area contributed by atoms with Crippen LogP contribution in [-0.2, 0) is 4.79 Å². The van der Waals surface area contributed by atoms with Gasteiger partial charge < -0.3 is 10.1 Å². The standard InChI is InChI=1S/C18H19ClN2O4/c1-10-7-14(21(23)24)5-6-16(10)20-18(22)13(4)25-15-8-11(2)17(19)12(3)9-15/h5-9,13H,1-4H3,(H,20,22). The number of non-ortho nitro benzene ring substituents is 1. The molecule has 0 radical (unpaired) electrons. The molecule has 0 fully saturated rings. The van der Waals surface area contributed by atoms with Gasteiger partial charge in [0.25, 0.3) is 11.6 Å². The second kappa shape index (κ2) is 7.53. The summed E-state index contributed by atoms with van der Waals surface area (Å²) in [5.74, 6) is 0.213. The molecular formula is C18H19ClN2O4. The van der Waals surface area contributed by atoms with Crippen molar-refractivity contribution in [2.75, 3.05) is 5.32 Å². The summed E-state index contributed by atoms with van der Waals surface area (Å²) in [6.07, 6.45) is -0.741. The Kier molecular flexibility index (Phi) is 5.64. The average Bonchev–Trinajstić information content (AvgIpc) is 2.54. The maximum atomic E-state index is 12.3. The second-order valence-electron chi connectivity index (χ2n) is 5.88. The number of rotatable bonds is 5. The van der Waals surface area contributed by atoms with Gasteiger partial charge in [-0.25, -0.2) is 0 Å². The van der Waals surface area contributed by atoms with Crippen LogP contribution in [0.25, 0.3) is 0 Å². The number of nitrogens with zero attached hydrogens (tertiary/aromatic N) is 1. The highest BCUT2D eigenvalue weighted by atomic mass is 35.5. The molecule has 2 aromatic carbocycles. The van der Waals surface area contributed by atoms with E-state index in [1.54, 1.807) is 26.0 Å². The molecule has 1 N–H and O–H groups in total. The van der Waals surface area contributed by atoms with E-state index in [1.807, 2.05) is 13.8 Å². The molecule has 0 aliphatic carbocycles. The Bertz CT molecular complexity index is 813. The summed E-state index contributed by atoms with van der Waals surface area (Å²) < 4.78 is 5.69. The van der Waals surface area contributed by atoms with Crippen molar-refractivity contribution in [3.8, 4) is 5.75 Å². The summed E-state index contributed by atoms with van der Waals surface area (Å²) in [6, 6.07) is 7.81. The highest BCUT2D eigenvalue weighted by Gasteiger charge is 2.17. The van der Waals surface area contributed by atoms with Gasteiger partial charge in [0, 0.05) is 22.8 Å². The van der Waals surface area contributed by atoms with Gasteiger partial charge in [-0.1, -0.05) is 11.6 Å². The third-order valence-corrected chi connectivity index (χ3v) is 4.37. The van der Waals surface area contributed by atoms with E-state index in [2.05, 4.69) is 5.32 Å². The number of benzene rings is 2. The van der Waals surface area contributed by atoms with Gasteiger partial charge in [-0.3, -0.25) is 14.9 Å². The zero-order valence-electron chi connectivity index (χ0n) is 14.4. The van der Waals surface area contributed by atoms with Gasteiger partial charge in [-0.15, -0.1) is 0 Å². The summed E-state index contributed by atoms with van der Waals surface area (Å²) in [6.45, 7) is 7.07. The highest BCUT2D eigenvalue weighted by molar-refractivity contribution is 6.32. The molecule has 1 unspecified atom stereocenters. The Morgan fingerprint density at radius 3 is 2.28 bits per heavy atom. The lowest BCUT2D eigenvalue weighted by Gasteiger charge is -2.17. The van der Waals surface area contributed by atoms with Gasteiger partial charge in [-0.2, -0.15) is 0 Å². The number of anilines is 1. The molecule has 7 heteroatoms. The van der Waals surface area contributed by atoms with Crippen LogP contribution in [0, 0.1) is 30.9 Å². The predicted molar refractivity (Wildman–Crippen MR) is 97.5 cm³/mol. The number of amides is 1. The molecule has 6 nitrogen and oxygen atoms in total. The fraction of sp³-hybridized carbons (Fsp3) is 0.278. The van der Waals surface area contributed by atoms with Crippen LogP contribution in [0.2, 0.25) is 5.02 Å². The van der Waals surface area contributed by atoms with Crippen LogP contribution in [0.3, 0.4) is 0 Å². The third kappa shape index (κ3) is 4.48. The lowest BCUT2D eigenvalue weighted by molar-refractivity contribution is -0.384. The summed E-state index contributed by atoms with van der Waals surface area (Å²) in [7, 11) is 0. The van der Waals surface area contributed by atoms with Crippen LogP contribution < -0.4 is 10.1 Å². The molecule has 0 spiro atoms. The van der Waals surface area contributed by atoms with Crippen molar-refractivity contribution in [3.63, 3.8) is 0 Å². The minimum absolute atomic E-state index is 0.0214. The molecule has 1 amide bonds. The van der Waals surface area contributed by atoms with Gasteiger partial charge >= 0.3 is 0 Å². The first-order valence-corrected chi connectivity index (χ1v) is 8.06. The molecular weight excluding hydrogens is 344 g/mol. The van der Waals surface area contributed by atoms with E-state index in [0.29, 0.717) is 22.0 Å². The number of nitro groups is 1. The first-order valence-electron chi connectivity index (χ1n) is 7.68. The number of hydrogen-bond acceptors (Lipinski definition) is 4.